The average molecular weight is 297 g/mol. The van der Waals surface area contributed by atoms with E-state index in [-0.39, 0.29) is 17.9 Å². The van der Waals surface area contributed by atoms with Crippen LogP contribution in [0.5, 0.6) is 0 Å². The lowest BCUT2D eigenvalue weighted by Gasteiger charge is -2.27. The molecule has 0 bridgehead atoms. The van der Waals surface area contributed by atoms with E-state index in [0.29, 0.717) is 29.3 Å². The smallest absolute Gasteiger partial charge is 0.272 e. The molecule has 5 nitrogen and oxygen atoms in total. The van der Waals surface area contributed by atoms with Crippen LogP contribution in [0.1, 0.15) is 32.4 Å². The summed E-state index contributed by atoms with van der Waals surface area (Å²) in [5, 5.41) is 10.5. The number of amides is 1. The van der Waals surface area contributed by atoms with E-state index in [4.69, 9.17) is 6.42 Å². The number of rotatable bonds is 5. The first-order valence-corrected chi connectivity index (χ1v) is 7.30. The number of aromatic nitrogens is 2. The van der Waals surface area contributed by atoms with Crippen LogP contribution in [0, 0.1) is 12.3 Å². The van der Waals surface area contributed by atoms with Gasteiger partial charge in [0.1, 0.15) is 5.54 Å². The van der Waals surface area contributed by atoms with Gasteiger partial charge in [-0.25, -0.2) is 5.10 Å². The predicted octanol–water partition coefficient (Wildman–Crippen LogP) is 1.77. The van der Waals surface area contributed by atoms with Crippen LogP contribution in [0.25, 0.3) is 10.8 Å². The molecule has 1 aromatic heterocycles. The number of fused-ring (bicyclic) bond motifs is 1. The van der Waals surface area contributed by atoms with Crippen molar-refractivity contribution in [1.29, 1.82) is 0 Å². The number of terminal acetylenes is 1. The van der Waals surface area contributed by atoms with Crippen LogP contribution >= 0.6 is 0 Å². The number of nitrogens with zero attached hydrogens (tertiary/aromatic N) is 1. The maximum Gasteiger partial charge on any atom is 0.272 e. The summed E-state index contributed by atoms with van der Waals surface area (Å²) >= 11 is 0. The fourth-order valence-electron chi connectivity index (χ4n) is 2.44. The third kappa shape index (κ3) is 3.01. The highest BCUT2D eigenvalue weighted by Crippen LogP contribution is 2.16. The Morgan fingerprint density at radius 1 is 1.32 bits per heavy atom. The van der Waals surface area contributed by atoms with Crippen molar-refractivity contribution in [3.8, 4) is 12.3 Å². The van der Waals surface area contributed by atoms with Gasteiger partial charge in [-0.05, 0) is 18.9 Å². The van der Waals surface area contributed by atoms with Crippen LogP contribution in [0.15, 0.2) is 29.1 Å². The number of carbonyl (C=O) groups excluding carboxylic acids is 1. The van der Waals surface area contributed by atoms with Gasteiger partial charge in [0, 0.05) is 5.39 Å². The third-order valence-corrected chi connectivity index (χ3v) is 3.97. The lowest BCUT2D eigenvalue weighted by Crippen LogP contribution is -2.47. The van der Waals surface area contributed by atoms with Crippen molar-refractivity contribution in [2.45, 2.75) is 38.6 Å². The molecule has 1 amide bonds. The van der Waals surface area contributed by atoms with Gasteiger partial charge in [0.05, 0.1) is 17.5 Å². The first-order chi connectivity index (χ1) is 10.5. The molecule has 0 aliphatic carbocycles. The van der Waals surface area contributed by atoms with Gasteiger partial charge in [-0.15, -0.1) is 6.42 Å². The van der Waals surface area contributed by atoms with Gasteiger partial charge < -0.3 is 5.32 Å². The minimum absolute atomic E-state index is 0.0702. The van der Waals surface area contributed by atoms with Gasteiger partial charge in [0.25, 0.3) is 5.56 Å². The number of aromatic amines is 1. The topological polar surface area (TPSA) is 74.8 Å². The number of nitrogens with one attached hydrogen (secondary N) is 2. The Balaban J connectivity index is 2.29. The molecular weight excluding hydrogens is 278 g/mol. The molecule has 0 atom stereocenters. The van der Waals surface area contributed by atoms with E-state index in [1.54, 1.807) is 18.2 Å². The van der Waals surface area contributed by atoms with Crippen LogP contribution in [-0.2, 0) is 11.2 Å². The van der Waals surface area contributed by atoms with E-state index in [1.165, 1.54) is 0 Å². The number of hydrogen-bond donors (Lipinski definition) is 2. The lowest BCUT2D eigenvalue weighted by atomic mass is 9.93. The van der Waals surface area contributed by atoms with Crippen molar-refractivity contribution in [3.63, 3.8) is 0 Å². The van der Waals surface area contributed by atoms with Crippen molar-refractivity contribution < 1.29 is 4.79 Å². The molecular formula is C17H19N3O2. The molecule has 1 heterocycles. The maximum absolute atomic E-state index is 12.3. The Morgan fingerprint density at radius 2 is 1.95 bits per heavy atom. The SMILES string of the molecule is C#CC(CC)(CC)NC(=O)Cc1n[nH]c(=O)c2ccccc12. The van der Waals surface area contributed by atoms with Crippen molar-refractivity contribution in [3.05, 3.63) is 40.3 Å². The van der Waals surface area contributed by atoms with Gasteiger partial charge in [-0.2, -0.15) is 5.10 Å². The second kappa shape index (κ2) is 6.44. The molecule has 0 spiro atoms. The van der Waals surface area contributed by atoms with Gasteiger partial charge in [0.15, 0.2) is 0 Å². The molecule has 1 aromatic carbocycles. The number of H-pyrrole nitrogens is 1. The molecule has 2 N–H and O–H groups in total. The van der Waals surface area contributed by atoms with Crippen LogP contribution in [0.2, 0.25) is 0 Å². The fraction of sp³-hybridized carbons (Fsp3) is 0.353. The Hall–Kier alpha value is -2.61. The zero-order valence-corrected chi connectivity index (χ0v) is 12.8. The molecule has 0 aliphatic heterocycles. The monoisotopic (exact) mass is 297 g/mol. The van der Waals surface area contributed by atoms with Crippen molar-refractivity contribution in [2.24, 2.45) is 0 Å². The maximum atomic E-state index is 12.3. The van der Waals surface area contributed by atoms with Gasteiger partial charge >= 0.3 is 0 Å². The molecule has 2 aromatic rings. The average Bonchev–Trinajstić information content (AvgIpc) is 2.56. The molecule has 0 fully saturated rings. The summed E-state index contributed by atoms with van der Waals surface area (Å²) in [5.41, 5.74) is -0.361. The molecule has 0 saturated carbocycles. The minimum Gasteiger partial charge on any atom is -0.339 e. The Labute approximate surface area is 129 Å². The normalized spacial score (nSPS) is 11.1. The molecule has 0 aliphatic rings. The highest BCUT2D eigenvalue weighted by Gasteiger charge is 2.25. The van der Waals surface area contributed by atoms with Gasteiger partial charge in [-0.1, -0.05) is 38.0 Å². The molecule has 0 unspecified atom stereocenters. The molecule has 0 radical (unpaired) electrons. The summed E-state index contributed by atoms with van der Waals surface area (Å²) in [6, 6.07) is 7.09. The highest BCUT2D eigenvalue weighted by atomic mass is 16.2. The Kier molecular flexibility index (Phi) is 4.62. The van der Waals surface area contributed by atoms with E-state index in [1.807, 2.05) is 19.9 Å². The second-order valence-electron chi connectivity index (χ2n) is 5.20. The van der Waals surface area contributed by atoms with E-state index in [9.17, 15) is 9.59 Å². The zero-order valence-electron chi connectivity index (χ0n) is 12.8. The molecule has 114 valence electrons. The summed E-state index contributed by atoms with van der Waals surface area (Å²) in [7, 11) is 0. The lowest BCUT2D eigenvalue weighted by molar-refractivity contribution is -0.121. The summed E-state index contributed by atoms with van der Waals surface area (Å²) in [6.07, 6.45) is 6.94. The van der Waals surface area contributed by atoms with Crippen molar-refractivity contribution in [2.75, 3.05) is 0 Å². The molecule has 5 heteroatoms. The van der Waals surface area contributed by atoms with Crippen LogP contribution < -0.4 is 10.9 Å². The third-order valence-electron chi connectivity index (χ3n) is 3.97. The van der Waals surface area contributed by atoms with E-state index in [2.05, 4.69) is 21.4 Å². The Morgan fingerprint density at radius 3 is 2.55 bits per heavy atom. The highest BCUT2D eigenvalue weighted by molar-refractivity contribution is 5.88. The number of hydrogen-bond acceptors (Lipinski definition) is 3. The molecule has 0 saturated heterocycles. The first kappa shape index (κ1) is 15.8. The minimum atomic E-state index is -0.630. The number of benzene rings is 1. The summed E-state index contributed by atoms with van der Waals surface area (Å²) < 4.78 is 0. The summed E-state index contributed by atoms with van der Waals surface area (Å²) in [4.78, 5) is 24.0. The van der Waals surface area contributed by atoms with Crippen LogP contribution in [0.4, 0.5) is 0 Å². The van der Waals surface area contributed by atoms with Gasteiger partial charge in [-0.3, -0.25) is 9.59 Å². The largest absolute Gasteiger partial charge is 0.339 e. The first-order valence-electron chi connectivity index (χ1n) is 7.30. The zero-order chi connectivity index (χ0) is 16.2. The van der Waals surface area contributed by atoms with Crippen LogP contribution in [-0.4, -0.2) is 21.6 Å². The molecule has 2 rings (SSSR count). The van der Waals surface area contributed by atoms with Crippen molar-refractivity contribution >= 4 is 16.7 Å². The molecule has 22 heavy (non-hydrogen) atoms. The van der Waals surface area contributed by atoms with Gasteiger partial charge in [0.2, 0.25) is 5.91 Å². The van der Waals surface area contributed by atoms with E-state index < -0.39 is 5.54 Å². The fourth-order valence-corrected chi connectivity index (χ4v) is 2.44. The quantitative estimate of drug-likeness (QED) is 0.826. The van der Waals surface area contributed by atoms with E-state index >= 15 is 0 Å². The van der Waals surface area contributed by atoms with E-state index in [0.717, 1.165) is 0 Å². The summed E-state index contributed by atoms with van der Waals surface area (Å²) in [6.45, 7) is 3.88. The second-order valence-corrected chi connectivity index (χ2v) is 5.20. The van der Waals surface area contributed by atoms with Crippen LogP contribution in [0.3, 0.4) is 0 Å². The Bertz CT molecular complexity index is 782. The number of carbonyl (C=O) groups is 1. The standard InChI is InChI=1S/C17H19N3O2/c1-4-17(5-2,6-3)18-15(21)11-14-12-9-7-8-10-13(12)16(22)20-19-14/h1,7-10H,5-6,11H2,2-3H3,(H,18,21)(H,20,22). The summed E-state index contributed by atoms with van der Waals surface area (Å²) in [5.74, 6) is 2.47. The van der Waals surface area contributed by atoms with Crippen molar-refractivity contribution in [1.82, 2.24) is 15.5 Å². The predicted molar refractivity (Wildman–Crippen MR) is 86.4 cm³/mol.